The molecule has 1 atom stereocenters. The van der Waals surface area contributed by atoms with E-state index in [0.29, 0.717) is 6.54 Å². The molecule has 1 aromatic heterocycles. The highest BCUT2D eigenvalue weighted by Gasteiger charge is 2.34. The first-order valence-corrected chi connectivity index (χ1v) is 8.99. The second kappa shape index (κ2) is 8.18. The molecule has 2 N–H and O–H groups in total. The van der Waals surface area contributed by atoms with E-state index in [1.54, 1.807) is 17.0 Å². The highest BCUT2D eigenvalue weighted by Crippen LogP contribution is 2.26. The van der Waals surface area contributed by atoms with Crippen LogP contribution < -0.4 is 15.5 Å². The number of amides is 3. The molecule has 26 heavy (non-hydrogen) atoms. The predicted molar refractivity (Wildman–Crippen MR) is 98.7 cm³/mol. The Bertz CT molecular complexity index is 789. The molecule has 0 aliphatic carbocycles. The SMILES string of the molecule is O=C(NCCNC(=O)[C@H]1CC(=O)N(c2ccc(Br)cc2)C1)c1ccco1. The third-order valence-electron chi connectivity index (χ3n) is 4.09. The van der Waals surface area contributed by atoms with Gasteiger partial charge in [-0.15, -0.1) is 0 Å². The first kappa shape index (κ1) is 18.2. The maximum Gasteiger partial charge on any atom is 0.287 e. The van der Waals surface area contributed by atoms with Gasteiger partial charge in [-0.05, 0) is 36.4 Å². The number of hydrogen-bond donors (Lipinski definition) is 2. The summed E-state index contributed by atoms with van der Waals surface area (Å²) in [7, 11) is 0. The molecule has 8 heteroatoms. The van der Waals surface area contributed by atoms with Crippen molar-refractivity contribution in [3.63, 3.8) is 0 Å². The number of carbonyl (C=O) groups excluding carboxylic acids is 3. The van der Waals surface area contributed by atoms with Crippen LogP contribution >= 0.6 is 15.9 Å². The maximum absolute atomic E-state index is 12.3. The minimum Gasteiger partial charge on any atom is -0.459 e. The molecule has 1 aromatic carbocycles. The highest BCUT2D eigenvalue weighted by molar-refractivity contribution is 9.10. The fourth-order valence-corrected chi connectivity index (χ4v) is 3.02. The first-order chi connectivity index (χ1) is 12.5. The van der Waals surface area contributed by atoms with Crippen LogP contribution in [-0.2, 0) is 9.59 Å². The summed E-state index contributed by atoms with van der Waals surface area (Å²) < 4.78 is 5.91. The van der Waals surface area contributed by atoms with Gasteiger partial charge in [0.1, 0.15) is 0 Å². The van der Waals surface area contributed by atoms with E-state index in [9.17, 15) is 14.4 Å². The maximum atomic E-state index is 12.3. The third-order valence-corrected chi connectivity index (χ3v) is 4.62. The number of benzene rings is 1. The summed E-state index contributed by atoms with van der Waals surface area (Å²) in [6, 6.07) is 10.6. The Hall–Kier alpha value is -2.61. The largest absolute Gasteiger partial charge is 0.459 e. The van der Waals surface area contributed by atoms with Crippen molar-refractivity contribution in [1.29, 1.82) is 0 Å². The van der Waals surface area contributed by atoms with Crippen LogP contribution in [0.4, 0.5) is 5.69 Å². The van der Waals surface area contributed by atoms with Gasteiger partial charge in [0.05, 0.1) is 12.2 Å². The summed E-state index contributed by atoms with van der Waals surface area (Å²) in [6.45, 7) is 0.918. The zero-order valence-electron chi connectivity index (χ0n) is 13.9. The van der Waals surface area contributed by atoms with Crippen molar-refractivity contribution in [3.05, 3.63) is 52.9 Å². The molecule has 1 aliphatic rings. The molecule has 1 aliphatic heterocycles. The zero-order chi connectivity index (χ0) is 18.5. The van der Waals surface area contributed by atoms with E-state index in [0.717, 1.165) is 10.2 Å². The van der Waals surface area contributed by atoms with Crippen molar-refractivity contribution < 1.29 is 18.8 Å². The molecule has 3 rings (SSSR count). The number of furan rings is 1. The molecule has 0 saturated carbocycles. The van der Waals surface area contributed by atoms with Crippen molar-refractivity contribution in [2.45, 2.75) is 6.42 Å². The molecule has 3 amide bonds. The summed E-state index contributed by atoms with van der Waals surface area (Å²) in [6.07, 6.45) is 1.60. The van der Waals surface area contributed by atoms with Gasteiger partial charge in [0, 0.05) is 36.2 Å². The summed E-state index contributed by atoms with van der Waals surface area (Å²) in [5, 5.41) is 5.41. The molecule has 2 heterocycles. The van der Waals surface area contributed by atoms with Crippen LogP contribution in [0.2, 0.25) is 0 Å². The second-order valence-corrected chi connectivity index (χ2v) is 6.82. The molecule has 136 valence electrons. The van der Waals surface area contributed by atoms with Gasteiger partial charge in [0.25, 0.3) is 5.91 Å². The first-order valence-electron chi connectivity index (χ1n) is 8.20. The average Bonchev–Trinajstić information content (AvgIpc) is 3.29. The molecule has 2 aromatic rings. The van der Waals surface area contributed by atoms with E-state index in [1.165, 1.54) is 6.26 Å². The Morgan fingerprint density at radius 1 is 1.15 bits per heavy atom. The highest BCUT2D eigenvalue weighted by atomic mass is 79.9. The summed E-state index contributed by atoms with van der Waals surface area (Å²) in [5.41, 5.74) is 0.777. The number of hydrogen-bond acceptors (Lipinski definition) is 4. The van der Waals surface area contributed by atoms with Crippen LogP contribution in [-0.4, -0.2) is 37.4 Å². The number of nitrogens with one attached hydrogen (secondary N) is 2. The molecule has 0 radical (unpaired) electrons. The Kier molecular flexibility index (Phi) is 5.72. The van der Waals surface area contributed by atoms with Crippen LogP contribution in [0.15, 0.2) is 51.6 Å². The van der Waals surface area contributed by atoms with E-state index in [1.807, 2.05) is 24.3 Å². The Balaban J connectivity index is 1.44. The van der Waals surface area contributed by atoms with E-state index < -0.39 is 5.92 Å². The van der Waals surface area contributed by atoms with Crippen LogP contribution in [0.1, 0.15) is 17.0 Å². The quantitative estimate of drug-likeness (QED) is 0.699. The second-order valence-electron chi connectivity index (χ2n) is 5.91. The van der Waals surface area contributed by atoms with E-state index >= 15 is 0 Å². The van der Waals surface area contributed by atoms with E-state index in [4.69, 9.17) is 4.42 Å². The summed E-state index contributed by atoms with van der Waals surface area (Å²) >= 11 is 3.36. The number of anilines is 1. The van der Waals surface area contributed by atoms with Gasteiger partial charge >= 0.3 is 0 Å². The average molecular weight is 420 g/mol. The molecular formula is C18H18BrN3O4. The minimum atomic E-state index is -0.396. The molecule has 0 spiro atoms. The van der Waals surface area contributed by atoms with Gasteiger partial charge in [-0.3, -0.25) is 14.4 Å². The fourth-order valence-electron chi connectivity index (χ4n) is 2.75. The Morgan fingerprint density at radius 3 is 2.58 bits per heavy atom. The Morgan fingerprint density at radius 2 is 1.88 bits per heavy atom. The lowest BCUT2D eigenvalue weighted by Gasteiger charge is -2.16. The van der Waals surface area contributed by atoms with E-state index in [-0.39, 0.29) is 43.0 Å². The van der Waals surface area contributed by atoms with Crippen molar-refractivity contribution in [3.8, 4) is 0 Å². The zero-order valence-corrected chi connectivity index (χ0v) is 15.5. The number of nitrogens with zero attached hydrogens (tertiary/aromatic N) is 1. The molecule has 0 unspecified atom stereocenters. The topological polar surface area (TPSA) is 91.7 Å². The standard InChI is InChI=1S/C18H18BrN3O4/c19-13-3-5-14(6-4-13)22-11-12(10-16(22)23)17(24)20-7-8-21-18(25)15-2-1-9-26-15/h1-6,9,12H,7-8,10-11H2,(H,20,24)(H,21,25)/t12-/m0/s1. The molecule has 0 bridgehead atoms. The van der Waals surface area contributed by atoms with Crippen molar-refractivity contribution in [2.24, 2.45) is 5.92 Å². The fraction of sp³-hybridized carbons (Fsp3) is 0.278. The van der Waals surface area contributed by atoms with Crippen LogP contribution in [0, 0.1) is 5.92 Å². The van der Waals surface area contributed by atoms with Crippen LogP contribution in [0.5, 0.6) is 0 Å². The van der Waals surface area contributed by atoms with Crippen LogP contribution in [0.3, 0.4) is 0 Å². The lowest BCUT2D eigenvalue weighted by atomic mass is 10.1. The molecule has 7 nitrogen and oxygen atoms in total. The number of carbonyl (C=O) groups is 3. The molecular weight excluding hydrogens is 402 g/mol. The van der Waals surface area contributed by atoms with Gasteiger partial charge in [0.2, 0.25) is 11.8 Å². The Labute approximate surface area is 158 Å². The third kappa shape index (κ3) is 4.32. The lowest BCUT2D eigenvalue weighted by molar-refractivity contribution is -0.126. The number of halogens is 1. The van der Waals surface area contributed by atoms with Gasteiger partial charge in [0.15, 0.2) is 5.76 Å². The summed E-state index contributed by atoms with van der Waals surface area (Å²) in [4.78, 5) is 37.8. The lowest BCUT2D eigenvalue weighted by Crippen LogP contribution is -2.38. The summed E-state index contributed by atoms with van der Waals surface area (Å²) in [5.74, 6) is -0.764. The van der Waals surface area contributed by atoms with Gasteiger partial charge < -0.3 is 20.0 Å². The van der Waals surface area contributed by atoms with E-state index in [2.05, 4.69) is 26.6 Å². The molecule has 1 fully saturated rings. The number of rotatable bonds is 6. The van der Waals surface area contributed by atoms with Crippen LogP contribution in [0.25, 0.3) is 0 Å². The van der Waals surface area contributed by atoms with Gasteiger partial charge in [-0.25, -0.2) is 0 Å². The van der Waals surface area contributed by atoms with Gasteiger partial charge in [-0.1, -0.05) is 15.9 Å². The monoisotopic (exact) mass is 419 g/mol. The normalized spacial score (nSPS) is 16.6. The van der Waals surface area contributed by atoms with Crippen molar-refractivity contribution in [1.82, 2.24) is 10.6 Å². The predicted octanol–water partition coefficient (Wildman–Crippen LogP) is 1.94. The van der Waals surface area contributed by atoms with Crippen molar-refractivity contribution >= 4 is 39.3 Å². The smallest absolute Gasteiger partial charge is 0.287 e. The van der Waals surface area contributed by atoms with Crippen molar-refractivity contribution in [2.75, 3.05) is 24.5 Å². The minimum absolute atomic E-state index is 0.0707. The molecule has 1 saturated heterocycles. The van der Waals surface area contributed by atoms with Gasteiger partial charge in [-0.2, -0.15) is 0 Å².